The van der Waals surface area contributed by atoms with Gasteiger partial charge in [0.2, 0.25) is 0 Å². The van der Waals surface area contributed by atoms with Crippen molar-refractivity contribution < 1.29 is 24.5 Å². The topological polar surface area (TPSA) is 102 Å². The van der Waals surface area contributed by atoms with Crippen molar-refractivity contribution >= 4 is 5.97 Å². The predicted octanol–water partition coefficient (Wildman–Crippen LogP) is 4.38. The molecule has 0 fully saturated rings. The van der Waals surface area contributed by atoms with Crippen molar-refractivity contribution in [3.63, 3.8) is 0 Å². The molecule has 0 aliphatic carbocycles. The number of nitrogens with two attached hydrogens (primary N) is 1. The van der Waals surface area contributed by atoms with Crippen LogP contribution in [0.3, 0.4) is 0 Å². The highest BCUT2D eigenvalue weighted by Crippen LogP contribution is 2.30. The van der Waals surface area contributed by atoms with Gasteiger partial charge in [0, 0.05) is 6.07 Å². The average Bonchev–Trinajstić information content (AvgIpc) is 2.79. The van der Waals surface area contributed by atoms with Gasteiger partial charge >= 0.3 is 5.97 Å². The van der Waals surface area contributed by atoms with Gasteiger partial charge in [-0.2, -0.15) is 0 Å². The van der Waals surface area contributed by atoms with Gasteiger partial charge in [0.15, 0.2) is 17.6 Å². The van der Waals surface area contributed by atoms with Crippen molar-refractivity contribution in [2.75, 3.05) is 7.11 Å². The van der Waals surface area contributed by atoms with Gasteiger partial charge in [0.25, 0.3) is 0 Å². The molecule has 0 heterocycles. The van der Waals surface area contributed by atoms with Gasteiger partial charge < -0.3 is 25.4 Å². The smallest absolute Gasteiger partial charge is 0.344 e. The fraction of sp³-hybridized carbons (Fsp3) is 0.208. The molecule has 1 atom stereocenters. The minimum absolute atomic E-state index is 0.0155. The number of carbonyl (C=O) groups is 1. The van der Waals surface area contributed by atoms with E-state index in [2.05, 4.69) is 24.3 Å². The summed E-state index contributed by atoms with van der Waals surface area (Å²) in [5, 5.41) is 18.1. The summed E-state index contributed by atoms with van der Waals surface area (Å²) in [6.07, 6.45) is -0.535. The van der Waals surface area contributed by atoms with Crippen LogP contribution >= 0.6 is 0 Å². The number of carboxylic acid groups (broad SMARTS) is 1. The van der Waals surface area contributed by atoms with E-state index in [1.165, 1.54) is 25.3 Å². The first-order valence-corrected chi connectivity index (χ1v) is 9.58. The molecular weight excluding hydrogens is 382 g/mol. The monoisotopic (exact) mass is 409 g/mol. The van der Waals surface area contributed by atoms with E-state index in [-0.39, 0.29) is 17.5 Å². The molecule has 0 saturated carbocycles. The Bertz CT molecular complexity index is 876. The third-order valence-corrected chi connectivity index (χ3v) is 4.39. The Hall–Kier alpha value is -3.51. The molecular formula is C24H27NO5. The SMILES string of the molecule is CCC(Oc1ccc(O)c(OC)c1)C(=O)O.NC(c1ccccc1)c1ccccc1. The molecule has 0 radical (unpaired) electrons. The maximum atomic E-state index is 10.8. The standard InChI is InChI=1S/C13H13N.C11H14O5/c14-13(11-7-3-1-4-8-11)12-9-5-2-6-10-12;1-3-9(11(13)14)16-7-4-5-8(12)10(6-7)15-2/h1-10,13H,14H2;4-6,9,12H,3H2,1-2H3,(H,13,14). The van der Waals surface area contributed by atoms with Crippen LogP contribution in [0.15, 0.2) is 78.9 Å². The average molecular weight is 409 g/mol. The van der Waals surface area contributed by atoms with Gasteiger partial charge in [-0.1, -0.05) is 67.6 Å². The van der Waals surface area contributed by atoms with Gasteiger partial charge in [0.1, 0.15) is 5.75 Å². The lowest BCUT2D eigenvalue weighted by molar-refractivity contribution is -0.145. The Balaban J connectivity index is 0.000000215. The Morgan fingerprint density at radius 1 is 0.967 bits per heavy atom. The van der Waals surface area contributed by atoms with Gasteiger partial charge in [-0.3, -0.25) is 0 Å². The highest BCUT2D eigenvalue weighted by atomic mass is 16.5. The molecule has 3 aromatic rings. The number of hydrogen-bond donors (Lipinski definition) is 3. The molecule has 0 saturated heterocycles. The maximum absolute atomic E-state index is 10.8. The molecule has 1 unspecified atom stereocenters. The predicted molar refractivity (Wildman–Crippen MR) is 116 cm³/mol. The molecule has 0 aliphatic heterocycles. The van der Waals surface area contributed by atoms with E-state index >= 15 is 0 Å². The summed E-state index contributed by atoms with van der Waals surface area (Å²) in [4.78, 5) is 10.8. The lowest BCUT2D eigenvalue weighted by atomic mass is 10.00. The largest absolute Gasteiger partial charge is 0.504 e. The summed E-state index contributed by atoms with van der Waals surface area (Å²) in [6.45, 7) is 1.72. The molecule has 0 bridgehead atoms. The van der Waals surface area contributed by atoms with Gasteiger partial charge in [-0.05, 0) is 29.7 Å². The number of phenolic OH excluding ortho intramolecular Hbond substituents is 1. The number of methoxy groups -OCH3 is 1. The van der Waals surface area contributed by atoms with Crippen molar-refractivity contribution in [3.8, 4) is 17.2 Å². The summed E-state index contributed by atoms with van der Waals surface area (Å²) < 4.78 is 10.1. The Kier molecular flexibility index (Phi) is 8.72. The van der Waals surface area contributed by atoms with E-state index in [1.54, 1.807) is 6.92 Å². The third kappa shape index (κ3) is 6.53. The number of rotatable bonds is 7. The maximum Gasteiger partial charge on any atom is 0.344 e. The number of aromatic hydroxyl groups is 1. The van der Waals surface area contributed by atoms with Crippen molar-refractivity contribution in [2.45, 2.75) is 25.5 Å². The summed E-state index contributed by atoms with van der Waals surface area (Å²) >= 11 is 0. The van der Waals surface area contributed by atoms with Crippen LogP contribution in [0, 0.1) is 0 Å². The number of benzene rings is 3. The lowest BCUT2D eigenvalue weighted by Gasteiger charge is -2.14. The van der Waals surface area contributed by atoms with Gasteiger partial charge in [-0.25, -0.2) is 4.79 Å². The molecule has 0 aromatic heterocycles. The fourth-order valence-corrected chi connectivity index (χ4v) is 2.72. The number of ether oxygens (including phenoxy) is 2. The lowest BCUT2D eigenvalue weighted by Crippen LogP contribution is -2.25. The first kappa shape index (κ1) is 22.8. The molecule has 0 amide bonds. The first-order chi connectivity index (χ1) is 14.5. The van der Waals surface area contributed by atoms with E-state index in [1.807, 2.05) is 36.4 Å². The van der Waals surface area contributed by atoms with Crippen molar-refractivity contribution in [1.29, 1.82) is 0 Å². The highest BCUT2D eigenvalue weighted by molar-refractivity contribution is 5.72. The van der Waals surface area contributed by atoms with Crippen LogP contribution in [0.25, 0.3) is 0 Å². The Morgan fingerprint density at radius 3 is 1.93 bits per heavy atom. The van der Waals surface area contributed by atoms with E-state index < -0.39 is 12.1 Å². The molecule has 6 heteroatoms. The van der Waals surface area contributed by atoms with Crippen LogP contribution < -0.4 is 15.2 Å². The molecule has 3 aromatic carbocycles. The quantitative estimate of drug-likeness (QED) is 0.535. The normalized spacial score (nSPS) is 11.2. The molecule has 4 N–H and O–H groups in total. The van der Waals surface area contributed by atoms with Gasteiger partial charge in [-0.15, -0.1) is 0 Å². The summed E-state index contributed by atoms with van der Waals surface area (Å²) in [5.41, 5.74) is 8.42. The molecule has 0 spiro atoms. The second-order valence-electron chi connectivity index (χ2n) is 6.49. The molecule has 3 rings (SSSR count). The third-order valence-electron chi connectivity index (χ3n) is 4.39. The summed E-state index contributed by atoms with van der Waals surface area (Å²) in [7, 11) is 1.41. The number of hydrogen-bond acceptors (Lipinski definition) is 5. The number of carboxylic acids is 1. The summed E-state index contributed by atoms with van der Waals surface area (Å²) in [5.74, 6) is -0.436. The van der Waals surface area contributed by atoms with Crippen LogP contribution in [-0.2, 0) is 4.79 Å². The Morgan fingerprint density at radius 2 is 1.50 bits per heavy atom. The van der Waals surface area contributed by atoms with Crippen molar-refractivity contribution in [1.82, 2.24) is 0 Å². The van der Waals surface area contributed by atoms with Crippen LogP contribution in [0.4, 0.5) is 0 Å². The zero-order chi connectivity index (χ0) is 21.9. The van der Waals surface area contributed by atoms with Crippen LogP contribution in [0.5, 0.6) is 17.2 Å². The van der Waals surface area contributed by atoms with E-state index in [0.717, 1.165) is 11.1 Å². The zero-order valence-corrected chi connectivity index (χ0v) is 17.1. The minimum Gasteiger partial charge on any atom is -0.504 e. The second kappa shape index (κ2) is 11.5. The molecule has 30 heavy (non-hydrogen) atoms. The van der Waals surface area contributed by atoms with E-state index in [9.17, 15) is 9.90 Å². The number of phenols is 1. The van der Waals surface area contributed by atoms with E-state index in [4.69, 9.17) is 20.3 Å². The minimum atomic E-state index is -1.02. The molecule has 0 aliphatic rings. The molecule has 158 valence electrons. The van der Waals surface area contributed by atoms with E-state index in [0.29, 0.717) is 12.2 Å². The van der Waals surface area contributed by atoms with Crippen molar-refractivity contribution in [3.05, 3.63) is 90.0 Å². The van der Waals surface area contributed by atoms with Crippen LogP contribution in [-0.4, -0.2) is 29.4 Å². The van der Waals surface area contributed by atoms with Crippen LogP contribution in [0.1, 0.15) is 30.5 Å². The second-order valence-corrected chi connectivity index (χ2v) is 6.49. The van der Waals surface area contributed by atoms with Crippen LogP contribution in [0.2, 0.25) is 0 Å². The highest BCUT2D eigenvalue weighted by Gasteiger charge is 2.17. The Labute approximate surface area is 176 Å². The fourth-order valence-electron chi connectivity index (χ4n) is 2.72. The summed E-state index contributed by atoms with van der Waals surface area (Å²) in [6, 6.07) is 24.6. The molecule has 6 nitrogen and oxygen atoms in total. The zero-order valence-electron chi connectivity index (χ0n) is 17.1. The number of aliphatic carboxylic acids is 1. The first-order valence-electron chi connectivity index (χ1n) is 9.58. The van der Waals surface area contributed by atoms with Gasteiger partial charge in [0.05, 0.1) is 13.2 Å². The van der Waals surface area contributed by atoms with Crippen molar-refractivity contribution in [2.24, 2.45) is 5.73 Å².